The van der Waals surface area contributed by atoms with E-state index in [1.54, 1.807) is 6.07 Å². The summed E-state index contributed by atoms with van der Waals surface area (Å²) < 4.78 is 5.29. The van der Waals surface area contributed by atoms with E-state index >= 15 is 0 Å². The number of benzene rings is 1. The molecule has 1 saturated heterocycles. The van der Waals surface area contributed by atoms with Crippen LogP contribution in [0.25, 0.3) is 0 Å². The molecule has 2 aromatic rings. The standard InChI is InChI=1S/C18H16N6O5/c19-9-12-13(10-2-1-3-11(8-10)24(27)28)14-15(20-16(12)25)21-18(22-17(14)26)23-4-6-29-7-5-23/h1-3,8,12-13H,4-7H2,(H2,20,21,22,25,26). The molecule has 11 nitrogen and oxygen atoms in total. The number of nitro groups is 1. The van der Waals surface area contributed by atoms with Gasteiger partial charge >= 0.3 is 0 Å². The fourth-order valence-electron chi connectivity index (χ4n) is 3.62. The highest BCUT2D eigenvalue weighted by Gasteiger charge is 2.40. The molecule has 2 aliphatic heterocycles. The van der Waals surface area contributed by atoms with E-state index < -0.39 is 28.2 Å². The minimum atomic E-state index is -1.22. The third kappa shape index (κ3) is 3.30. The van der Waals surface area contributed by atoms with E-state index in [4.69, 9.17) is 4.74 Å². The number of morpholine rings is 1. The van der Waals surface area contributed by atoms with Crippen molar-refractivity contribution in [3.63, 3.8) is 0 Å². The molecule has 148 valence electrons. The first-order chi connectivity index (χ1) is 14.0. The molecule has 2 atom stereocenters. The van der Waals surface area contributed by atoms with E-state index in [0.717, 1.165) is 0 Å². The summed E-state index contributed by atoms with van der Waals surface area (Å²) >= 11 is 0. The van der Waals surface area contributed by atoms with E-state index in [-0.39, 0.29) is 17.1 Å². The van der Waals surface area contributed by atoms with Crippen molar-refractivity contribution in [3.05, 3.63) is 55.9 Å². The molecule has 0 radical (unpaired) electrons. The number of fused-ring (bicyclic) bond motifs is 1. The van der Waals surface area contributed by atoms with Crippen LogP contribution in [0.5, 0.6) is 0 Å². The van der Waals surface area contributed by atoms with Gasteiger partial charge in [0.05, 0.1) is 29.8 Å². The summed E-state index contributed by atoms with van der Waals surface area (Å²) in [5.41, 5.74) is -0.267. The summed E-state index contributed by atoms with van der Waals surface area (Å²) in [6.45, 7) is 2.04. The van der Waals surface area contributed by atoms with Crippen LogP contribution in [-0.4, -0.2) is 47.1 Å². The van der Waals surface area contributed by atoms with Gasteiger partial charge in [-0.2, -0.15) is 10.2 Å². The summed E-state index contributed by atoms with van der Waals surface area (Å²) in [5.74, 6) is -2.45. The van der Waals surface area contributed by atoms with Crippen LogP contribution in [0.1, 0.15) is 17.0 Å². The van der Waals surface area contributed by atoms with Gasteiger partial charge in [0.15, 0.2) is 0 Å². The van der Waals surface area contributed by atoms with Crippen LogP contribution in [0.15, 0.2) is 29.1 Å². The number of nitriles is 1. The normalized spacial score (nSPS) is 21.1. The number of non-ortho nitro benzene ring substituents is 1. The Kier molecular flexibility index (Phi) is 4.69. The zero-order valence-corrected chi connectivity index (χ0v) is 15.1. The molecule has 2 aliphatic rings. The SMILES string of the molecule is N#CC1C(=O)Nc2nc(N3CCOCC3)[nH]c(=O)c2C1c1cccc([N+](=O)[O-])c1. The van der Waals surface area contributed by atoms with Crippen molar-refractivity contribution in [2.45, 2.75) is 5.92 Å². The molecule has 0 saturated carbocycles. The molecule has 1 amide bonds. The van der Waals surface area contributed by atoms with Crippen molar-refractivity contribution in [2.24, 2.45) is 5.92 Å². The third-order valence-corrected chi connectivity index (χ3v) is 5.00. The Morgan fingerprint density at radius 2 is 2.07 bits per heavy atom. The fraction of sp³-hybridized carbons (Fsp3) is 0.333. The molecular weight excluding hydrogens is 380 g/mol. The smallest absolute Gasteiger partial charge is 0.269 e. The van der Waals surface area contributed by atoms with Crippen molar-refractivity contribution < 1.29 is 14.5 Å². The fourth-order valence-corrected chi connectivity index (χ4v) is 3.62. The van der Waals surface area contributed by atoms with Gasteiger partial charge in [0, 0.05) is 31.1 Å². The summed E-state index contributed by atoms with van der Waals surface area (Å²) in [4.78, 5) is 45.0. The van der Waals surface area contributed by atoms with Crippen LogP contribution in [0, 0.1) is 27.4 Å². The quantitative estimate of drug-likeness (QED) is 0.569. The maximum Gasteiger partial charge on any atom is 0.269 e. The number of aromatic nitrogens is 2. The highest BCUT2D eigenvalue weighted by atomic mass is 16.6. The minimum Gasteiger partial charge on any atom is -0.378 e. The maximum absolute atomic E-state index is 12.9. The number of carbonyl (C=O) groups excluding carboxylic acids is 1. The van der Waals surface area contributed by atoms with Crippen molar-refractivity contribution in [2.75, 3.05) is 36.5 Å². The number of carbonyl (C=O) groups is 1. The number of nitrogens with one attached hydrogen (secondary N) is 2. The van der Waals surface area contributed by atoms with Crippen molar-refractivity contribution >= 4 is 23.4 Å². The lowest BCUT2D eigenvalue weighted by Gasteiger charge is -2.31. The monoisotopic (exact) mass is 396 g/mol. The molecule has 1 aromatic heterocycles. The molecule has 4 rings (SSSR count). The molecular formula is C18H16N6O5. The van der Waals surface area contributed by atoms with Crippen LogP contribution in [0.3, 0.4) is 0 Å². The number of H-pyrrole nitrogens is 1. The van der Waals surface area contributed by atoms with E-state index in [1.165, 1.54) is 18.2 Å². The van der Waals surface area contributed by atoms with E-state index in [1.807, 2.05) is 11.0 Å². The molecule has 11 heteroatoms. The molecule has 1 aromatic carbocycles. The second-order valence-corrected chi connectivity index (χ2v) is 6.68. The number of hydrogen-bond donors (Lipinski definition) is 2. The Morgan fingerprint density at radius 1 is 1.31 bits per heavy atom. The molecule has 29 heavy (non-hydrogen) atoms. The lowest BCUT2D eigenvalue weighted by molar-refractivity contribution is -0.384. The number of amides is 1. The summed E-state index contributed by atoms with van der Waals surface area (Å²) in [7, 11) is 0. The highest BCUT2D eigenvalue weighted by Crippen LogP contribution is 2.39. The topological polar surface area (TPSA) is 154 Å². The van der Waals surface area contributed by atoms with Gasteiger partial charge in [-0.25, -0.2) is 0 Å². The van der Waals surface area contributed by atoms with Gasteiger partial charge in [-0.1, -0.05) is 12.1 Å². The second kappa shape index (κ2) is 7.33. The maximum atomic E-state index is 12.9. The van der Waals surface area contributed by atoms with Crippen molar-refractivity contribution in [1.29, 1.82) is 5.26 Å². The van der Waals surface area contributed by atoms with Gasteiger partial charge in [0.25, 0.3) is 11.2 Å². The first kappa shape index (κ1) is 18.6. The molecule has 2 N–H and O–H groups in total. The Labute approximate surface area is 164 Å². The van der Waals surface area contributed by atoms with Crippen LogP contribution in [0.4, 0.5) is 17.5 Å². The summed E-state index contributed by atoms with van der Waals surface area (Å²) in [6, 6.07) is 7.49. The zero-order valence-electron chi connectivity index (χ0n) is 15.1. The average molecular weight is 396 g/mol. The number of nitro benzene ring substituents is 1. The van der Waals surface area contributed by atoms with Crippen LogP contribution >= 0.6 is 0 Å². The number of ether oxygens (including phenoxy) is 1. The first-order valence-corrected chi connectivity index (χ1v) is 8.91. The van der Waals surface area contributed by atoms with Gasteiger partial charge in [-0.15, -0.1) is 0 Å². The lowest BCUT2D eigenvalue weighted by atomic mass is 9.79. The van der Waals surface area contributed by atoms with E-state index in [0.29, 0.717) is 37.8 Å². The van der Waals surface area contributed by atoms with Gasteiger partial charge < -0.3 is 15.0 Å². The van der Waals surface area contributed by atoms with E-state index in [9.17, 15) is 25.0 Å². The number of hydrogen-bond acceptors (Lipinski definition) is 8. The zero-order chi connectivity index (χ0) is 20.5. The lowest BCUT2D eigenvalue weighted by Crippen LogP contribution is -2.41. The van der Waals surface area contributed by atoms with Crippen LogP contribution in [0.2, 0.25) is 0 Å². The first-order valence-electron chi connectivity index (χ1n) is 8.91. The van der Waals surface area contributed by atoms with Gasteiger partial charge in [-0.05, 0) is 5.56 Å². The molecule has 1 fully saturated rings. The number of aromatic amines is 1. The average Bonchev–Trinajstić information content (AvgIpc) is 2.73. The minimum absolute atomic E-state index is 0.0586. The molecule has 0 bridgehead atoms. The molecule has 2 unspecified atom stereocenters. The van der Waals surface area contributed by atoms with Gasteiger partial charge in [-0.3, -0.25) is 24.7 Å². The van der Waals surface area contributed by atoms with Crippen LogP contribution in [-0.2, 0) is 9.53 Å². The third-order valence-electron chi connectivity index (χ3n) is 5.00. The molecule has 0 aliphatic carbocycles. The predicted octanol–water partition coefficient (Wildman–Crippen LogP) is 0.738. The van der Waals surface area contributed by atoms with Crippen LogP contribution < -0.4 is 15.8 Å². The summed E-state index contributed by atoms with van der Waals surface area (Å²) in [5, 5.41) is 23.2. The Balaban J connectivity index is 1.85. The molecule has 0 spiro atoms. The van der Waals surface area contributed by atoms with Gasteiger partial charge in [0.2, 0.25) is 11.9 Å². The second-order valence-electron chi connectivity index (χ2n) is 6.68. The number of anilines is 2. The van der Waals surface area contributed by atoms with E-state index in [2.05, 4.69) is 15.3 Å². The molecule has 3 heterocycles. The Morgan fingerprint density at radius 3 is 2.76 bits per heavy atom. The van der Waals surface area contributed by atoms with Crippen molar-refractivity contribution in [3.8, 4) is 6.07 Å². The Hall–Kier alpha value is -3.78. The summed E-state index contributed by atoms with van der Waals surface area (Å²) in [6.07, 6.45) is 0. The largest absolute Gasteiger partial charge is 0.378 e. The predicted molar refractivity (Wildman–Crippen MR) is 101 cm³/mol. The number of rotatable bonds is 3. The number of nitrogens with zero attached hydrogens (tertiary/aromatic N) is 4. The Bertz CT molecular complexity index is 1080. The highest BCUT2D eigenvalue weighted by molar-refractivity contribution is 5.98. The van der Waals surface area contributed by atoms with Crippen molar-refractivity contribution in [1.82, 2.24) is 9.97 Å². The van der Waals surface area contributed by atoms with Gasteiger partial charge in [0.1, 0.15) is 11.7 Å².